The highest BCUT2D eigenvalue weighted by Gasteiger charge is 2.39. The Morgan fingerprint density at radius 1 is 1.43 bits per heavy atom. The van der Waals surface area contributed by atoms with E-state index in [0.29, 0.717) is 12.8 Å². The Bertz CT molecular complexity index is 614. The molecule has 1 saturated carbocycles. The van der Waals surface area contributed by atoms with E-state index in [2.05, 4.69) is 9.82 Å². The van der Waals surface area contributed by atoms with E-state index in [4.69, 9.17) is 29.6 Å². The molecule has 2 rings (SSSR count). The van der Waals surface area contributed by atoms with Gasteiger partial charge in [0.15, 0.2) is 5.03 Å². The van der Waals surface area contributed by atoms with Crippen LogP contribution in [0.2, 0.25) is 5.02 Å². The third-order valence-electron chi connectivity index (χ3n) is 3.86. The summed E-state index contributed by atoms with van der Waals surface area (Å²) in [5, 5.41) is 3.88. The summed E-state index contributed by atoms with van der Waals surface area (Å²) in [4.78, 5) is 0.186. The molecular formula is C12H19ClN4O2S2. The van der Waals surface area contributed by atoms with Crippen molar-refractivity contribution in [2.45, 2.75) is 49.1 Å². The highest BCUT2D eigenvalue weighted by Crippen LogP contribution is 2.30. The van der Waals surface area contributed by atoms with E-state index in [-0.39, 0.29) is 15.0 Å². The van der Waals surface area contributed by atoms with Gasteiger partial charge in [-0.3, -0.25) is 4.68 Å². The maximum Gasteiger partial charge on any atom is 0.260 e. The molecule has 1 aliphatic carbocycles. The minimum Gasteiger partial charge on any atom is -0.392 e. The molecule has 9 heteroatoms. The number of halogens is 1. The first-order chi connectivity index (χ1) is 9.78. The van der Waals surface area contributed by atoms with Crippen molar-refractivity contribution in [2.24, 2.45) is 12.8 Å². The maximum atomic E-state index is 12.7. The minimum atomic E-state index is -3.85. The van der Waals surface area contributed by atoms with Crippen LogP contribution in [-0.4, -0.2) is 28.7 Å². The van der Waals surface area contributed by atoms with Crippen molar-refractivity contribution in [2.75, 3.05) is 0 Å². The molecule has 6 nitrogen and oxygen atoms in total. The molecular weight excluding hydrogens is 332 g/mol. The van der Waals surface area contributed by atoms with Crippen LogP contribution in [0.15, 0.2) is 11.2 Å². The summed E-state index contributed by atoms with van der Waals surface area (Å²) in [6, 6.07) is 0. The predicted molar refractivity (Wildman–Crippen MR) is 85.8 cm³/mol. The molecule has 1 aliphatic rings. The molecule has 0 unspecified atom stereocenters. The van der Waals surface area contributed by atoms with Gasteiger partial charge in [-0.05, 0) is 12.8 Å². The van der Waals surface area contributed by atoms with E-state index in [1.807, 2.05) is 0 Å². The molecule has 0 aromatic carbocycles. The quantitative estimate of drug-likeness (QED) is 0.637. The van der Waals surface area contributed by atoms with Gasteiger partial charge >= 0.3 is 0 Å². The van der Waals surface area contributed by atoms with Crippen LogP contribution in [0.4, 0.5) is 0 Å². The van der Waals surface area contributed by atoms with Gasteiger partial charge in [0.2, 0.25) is 0 Å². The first kappa shape index (κ1) is 16.7. The Kier molecular flexibility index (Phi) is 4.92. The van der Waals surface area contributed by atoms with E-state index in [1.54, 1.807) is 0 Å². The van der Waals surface area contributed by atoms with Gasteiger partial charge in [-0.25, -0.2) is 8.42 Å². The molecule has 1 heterocycles. The molecule has 1 aromatic heterocycles. The van der Waals surface area contributed by atoms with E-state index >= 15 is 0 Å². The number of thiocarbonyl (C=S) groups is 1. The summed E-state index contributed by atoms with van der Waals surface area (Å²) in [6.07, 6.45) is 6.40. The van der Waals surface area contributed by atoms with Crippen molar-refractivity contribution < 1.29 is 8.42 Å². The van der Waals surface area contributed by atoms with Crippen LogP contribution in [0.5, 0.6) is 0 Å². The average molecular weight is 351 g/mol. The van der Waals surface area contributed by atoms with E-state index in [1.165, 1.54) is 17.9 Å². The molecule has 1 fully saturated rings. The van der Waals surface area contributed by atoms with Crippen LogP contribution in [0.3, 0.4) is 0 Å². The fourth-order valence-electron chi connectivity index (χ4n) is 2.74. The lowest BCUT2D eigenvalue weighted by Gasteiger charge is -2.32. The first-order valence-corrected chi connectivity index (χ1v) is 9.07. The zero-order valence-electron chi connectivity index (χ0n) is 11.8. The second kappa shape index (κ2) is 6.20. The molecule has 0 amide bonds. The van der Waals surface area contributed by atoms with Gasteiger partial charge in [0, 0.05) is 7.05 Å². The third kappa shape index (κ3) is 3.39. The normalized spacial score (nSPS) is 19.1. The second-order valence-corrected chi connectivity index (χ2v) is 7.83. The number of hydrogen-bond donors (Lipinski definition) is 2. The number of nitrogens with one attached hydrogen (secondary N) is 1. The highest BCUT2D eigenvalue weighted by molar-refractivity contribution is 7.89. The van der Waals surface area contributed by atoms with Gasteiger partial charge in [0.25, 0.3) is 10.0 Å². The number of nitrogens with two attached hydrogens (primary N) is 1. The van der Waals surface area contributed by atoms with Crippen LogP contribution >= 0.6 is 23.8 Å². The Morgan fingerprint density at radius 2 is 2.00 bits per heavy atom. The number of nitrogens with zero attached hydrogens (tertiary/aromatic N) is 2. The second-order valence-electron chi connectivity index (χ2n) is 5.39. The molecule has 118 valence electrons. The van der Waals surface area contributed by atoms with Gasteiger partial charge in [0.1, 0.15) is 0 Å². The SMILES string of the molecule is Cn1ncc(Cl)c1S(=O)(=O)NC1(C(N)=S)CCCCCC1. The van der Waals surface area contributed by atoms with Crippen LogP contribution in [0.25, 0.3) is 0 Å². The Labute approximate surface area is 135 Å². The topological polar surface area (TPSA) is 90.0 Å². The molecule has 0 radical (unpaired) electrons. The fraction of sp³-hybridized carbons (Fsp3) is 0.667. The van der Waals surface area contributed by atoms with Crippen LogP contribution in [0, 0.1) is 0 Å². The Balaban J connectivity index is 2.38. The average Bonchev–Trinajstić information content (AvgIpc) is 2.61. The summed E-state index contributed by atoms with van der Waals surface area (Å²) in [5.74, 6) is 0. The maximum absolute atomic E-state index is 12.7. The lowest BCUT2D eigenvalue weighted by atomic mass is 9.91. The van der Waals surface area contributed by atoms with Gasteiger partial charge < -0.3 is 5.73 Å². The van der Waals surface area contributed by atoms with Crippen molar-refractivity contribution in [3.8, 4) is 0 Å². The zero-order chi connectivity index (χ0) is 15.7. The van der Waals surface area contributed by atoms with Crippen molar-refractivity contribution in [1.29, 1.82) is 0 Å². The molecule has 21 heavy (non-hydrogen) atoms. The van der Waals surface area contributed by atoms with E-state index < -0.39 is 15.6 Å². The number of aromatic nitrogens is 2. The van der Waals surface area contributed by atoms with Crippen molar-refractivity contribution in [3.63, 3.8) is 0 Å². The van der Waals surface area contributed by atoms with Crippen LogP contribution < -0.4 is 10.5 Å². The number of sulfonamides is 1. The standard InChI is InChI=1S/C12H19ClN4O2S2/c1-17-10(9(13)8-15-17)21(18,19)16-12(11(14)20)6-4-2-3-5-7-12/h8,16H,2-7H2,1H3,(H2,14,20). The number of aryl methyl sites for hydroxylation is 1. The van der Waals surface area contributed by atoms with E-state index in [9.17, 15) is 8.42 Å². The summed E-state index contributed by atoms with van der Waals surface area (Å²) in [7, 11) is -2.32. The van der Waals surface area contributed by atoms with Gasteiger partial charge in [-0.1, -0.05) is 49.5 Å². The van der Waals surface area contributed by atoms with E-state index in [0.717, 1.165) is 25.7 Å². The summed E-state index contributed by atoms with van der Waals surface area (Å²) < 4.78 is 29.2. The van der Waals surface area contributed by atoms with Gasteiger partial charge in [-0.2, -0.15) is 9.82 Å². The minimum absolute atomic E-state index is 0.0657. The van der Waals surface area contributed by atoms with Crippen LogP contribution in [0.1, 0.15) is 38.5 Å². The fourth-order valence-corrected chi connectivity index (χ4v) is 5.16. The number of hydrogen-bond acceptors (Lipinski definition) is 4. The van der Waals surface area contributed by atoms with Gasteiger partial charge in [0.05, 0.1) is 21.7 Å². The highest BCUT2D eigenvalue weighted by atomic mass is 35.5. The molecule has 3 N–H and O–H groups in total. The monoisotopic (exact) mass is 350 g/mol. The molecule has 0 bridgehead atoms. The van der Waals surface area contributed by atoms with Crippen LogP contribution in [-0.2, 0) is 17.1 Å². The molecule has 0 saturated heterocycles. The zero-order valence-corrected chi connectivity index (χ0v) is 14.2. The van der Waals surface area contributed by atoms with Crippen molar-refractivity contribution >= 4 is 38.8 Å². The predicted octanol–water partition coefficient (Wildman–Crippen LogP) is 1.73. The van der Waals surface area contributed by atoms with Gasteiger partial charge in [-0.15, -0.1) is 0 Å². The number of rotatable bonds is 4. The molecule has 1 aromatic rings. The molecule has 0 aliphatic heterocycles. The lowest BCUT2D eigenvalue weighted by Crippen LogP contribution is -2.56. The van der Waals surface area contributed by atoms with Crippen molar-refractivity contribution in [1.82, 2.24) is 14.5 Å². The summed E-state index contributed by atoms with van der Waals surface area (Å²) in [6.45, 7) is 0. The largest absolute Gasteiger partial charge is 0.392 e. The Morgan fingerprint density at radius 3 is 2.43 bits per heavy atom. The lowest BCUT2D eigenvalue weighted by molar-refractivity contribution is 0.438. The molecule has 0 atom stereocenters. The smallest absolute Gasteiger partial charge is 0.260 e. The molecule has 0 spiro atoms. The summed E-state index contributed by atoms with van der Waals surface area (Å²) in [5.41, 5.74) is 4.98. The Hall–Kier alpha value is -0.700. The van der Waals surface area contributed by atoms with Crippen molar-refractivity contribution in [3.05, 3.63) is 11.2 Å². The first-order valence-electron chi connectivity index (χ1n) is 6.80. The summed E-state index contributed by atoms with van der Waals surface area (Å²) >= 11 is 11.1. The third-order valence-corrected chi connectivity index (χ3v) is 6.29.